The molecule has 2 N–H and O–H groups in total. The molecule has 0 atom stereocenters. The minimum atomic E-state index is -1.18. The van der Waals surface area contributed by atoms with Crippen molar-refractivity contribution in [2.75, 3.05) is 0 Å². The minimum Gasteiger partial charge on any atom is -0.508 e. The molecule has 2 aromatic rings. The summed E-state index contributed by atoms with van der Waals surface area (Å²) < 4.78 is 5.49. The molecule has 2 aromatic carbocycles. The SMILES string of the molecule is CC(=O)c1ccc(OCc2cccc(O)c2)cc1C(=O)O. The lowest BCUT2D eigenvalue weighted by Gasteiger charge is -2.09. The van der Waals surface area contributed by atoms with Crippen LogP contribution in [0.3, 0.4) is 0 Å². The zero-order chi connectivity index (χ0) is 15.4. The van der Waals surface area contributed by atoms with Crippen molar-refractivity contribution in [3.8, 4) is 11.5 Å². The normalized spacial score (nSPS) is 10.1. The Labute approximate surface area is 121 Å². The van der Waals surface area contributed by atoms with Crippen LogP contribution in [0.5, 0.6) is 11.5 Å². The predicted molar refractivity (Wildman–Crippen MR) is 75.8 cm³/mol. The summed E-state index contributed by atoms with van der Waals surface area (Å²) in [6, 6.07) is 10.9. The molecular weight excluding hydrogens is 272 g/mol. The van der Waals surface area contributed by atoms with Gasteiger partial charge in [0.2, 0.25) is 0 Å². The Balaban J connectivity index is 2.19. The number of carbonyl (C=O) groups is 2. The molecule has 2 rings (SSSR count). The molecule has 0 aliphatic carbocycles. The number of ether oxygens (including phenoxy) is 1. The van der Waals surface area contributed by atoms with E-state index in [0.29, 0.717) is 5.75 Å². The zero-order valence-corrected chi connectivity index (χ0v) is 11.4. The zero-order valence-electron chi connectivity index (χ0n) is 11.4. The van der Waals surface area contributed by atoms with Crippen molar-refractivity contribution in [2.24, 2.45) is 0 Å². The largest absolute Gasteiger partial charge is 0.508 e. The average Bonchev–Trinajstić information content (AvgIpc) is 2.44. The predicted octanol–water partition coefficient (Wildman–Crippen LogP) is 2.87. The Morgan fingerprint density at radius 2 is 1.86 bits per heavy atom. The van der Waals surface area contributed by atoms with E-state index < -0.39 is 5.97 Å². The lowest BCUT2D eigenvalue weighted by Crippen LogP contribution is -2.07. The highest BCUT2D eigenvalue weighted by Gasteiger charge is 2.14. The van der Waals surface area contributed by atoms with E-state index in [2.05, 4.69) is 0 Å². The molecule has 0 heterocycles. The molecule has 5 nitrogen and oxygen atoms in total. The first-order valence-corrected chi connectivity index (χ1v) is 6.26. The summed E-state index contributed by atoms with van der Waals surface area (Å²) in [5.41, 5.74) is 0.811. The average molecular weight is 286 g/mol. The molecule has 0 aliphatic heterocycles. The maximum absolute atomic E-state index is 11.4. The summed E-state index contributed by atoms with van der Waals surface area (Å²) in [5, 5.41) is 18.5. The Kier molecular flexibility index (Phi) is 4.23. The van der Waals surface area contributed by atoms with E-state index in [0.717, 1.165) is 5.56 Å². The Morgan fingerprint density at radius 3 is 2.48 bits per heavy atom. The van der Waals surface area contributed by atoms with Crippen LogP contribution in [-0.2, 0) is 6.61 Å². The van der Waals surface area contributed by atoms with Gasteiger partial charge in [-0.15, -0.1) is 0 Å². The molecule has 21 heavy (non-hydrogen) atoms. The number of Topliss-reactive ketones (excluding diaryl/α,β-unsaturated/α-hetero) is 1. The van der Waals surface area contributed by atoms with Crippen molar-refractivity contribution >= 4 is 11.8 Å². The molecule has 0 radical (unpaired) electrons. The van der Waals surface area contributed by atoms with Gasteiger partial charge in [0.1, 0.15) is 18.1 Å². The molecule has 0 aromatic heterocycles. The van der Waals surface area contributed by atoms with Crippen LogP contribution in [-0.4, -0.2) is 22.0 Å². The van der Waals surface area contributed by atoms with Gasteiger partial charge in [-0.05, 0) is 42.8 Å². The maximum atomic E-state index is 11.4. The number of carboxylic acids is 1. The smallest absolute Gasteiger partial charge is 0.336 e. The van der Waals surface area contributed by atoms with Gasteiger partial charge in [-0.3, -0.25) is 4.79 Å². The fourth-order valence-electron chi connectivity index (χ4n) is 1.91. The fraction of sp³-hybridized carbons (Fsp3) is 0.125. The van der Waals surface area contributed by atoms with Gasteiger partial charge in [-0.2, -0.15) is 0 Å². The number of carbonyl (C=O) groups excluding carboxylic acids is 1. The van der Waals surface area contributed by atoms with Crippen molar-refractivity contribution < 1.29 is 24.5 Å². The molecule has 108 valence electrons. The van der Waals surface area contributed by atoms with Gasteiger partial charge in [0.25, 0.3) is 0 Å². The van der Waals surface area contributed by atoms with Crippen molar-refractivity contribution in [3.05, 3.63) is 59.2 Å². The van der Waals surface area contributed by atoms with E-state index in [4.69, 9.17) is 9.84 Å². The number of ketones is 1. The van der Waals surface area contributed by atoms with Crippen LogP contribution in [0.2, 0.25) is 0 Å². The van der Waals surface area contributed by atoms with E-state index in [-0.39, 0.29) is 29.3 Å². The maximum Gasteiger partial charge on any atom is 0.336 e. The molecule has 0 unspecified atom stereocenters. The van der Waals surface area contributed by atoms with E-state index >= 15 is 0 Å². The number of benzene rings is 2. The van der Waals surface area contributed by atoms with Gasteiger partial charge in [0.05, 0.1) is 5.56 Å². The highest BCUT2D eigenvalue weighted by Crippen LogP contribution is 2.20. The van der Waals surface area contributed by atoms with Crippen molar-refractivity contribution in [2.45, 2.75) is 13.5 Å². The van der Waals surface area contributed by atoms with Gasteiger partial charge >= 0.3 is 5.97 Å². The van der Waals surface area contributed by atoms with E-state index in [1.54, 1.807) is 30.3 Å². The minimum absolute atomic E-state index is 0.0871. The number of carboxylic acid groups (broad SMARTS) is 1. The monoisotopic (exact) mass is 286 g/mol. The molecule has 0 saturated carbocycles. The standard InChI is InChI=1S/C16H14O5/c1-10(17)14-6-5-13(8-15(14)16(19)20)21-9-11-3-2-4-12(18)7-11/h2-8,18H,9H2,1H3,(H,19,20). The number of hydrogen-bond donors (Lipinski definition) is 2. The van der Waals surface area contributed by atoms with Crippen molar-refractivity contribution in [1.82, 2.24) is 0 Å². The van der Waals surface area contributed by atoms with Gasteiger partial charge < -0.3 is 14.9 Å². The van der Waals surface area contributed by atoms with E-state index in [9.17, 15) is 14.7 Å². The second-order valence-corrected chi connectivity index (χ2v) is 4.53. The summed E-state index contributed by atoms with van der Waals surface area (Å²) >= 11 is 0. The number of phenols is 1. The number of aromatic hydroxyl groups is 1. The third-order valence-corrected chi connectivity index (χ3v) is 2.92. The first-order chi connectivity index (χ1) is 9.97. The van der Waals surface area contributed by atoms with Crippen molar-refractivity contribution in [1.29, 1.82) is 0 Å². The molecule has 0 amide bonds. The molecule has 0 aliphatic rings. The van der Waals surface area contributed by atoms with Crippen LogP contribution in [0.25, 0.3) is 0 Å². The van der Waals surface area contributed by atoms with Gasteiger partial charge in [-0.25, -0.2) is 4.79 Å². The summed E-state index contributed by atoms with van der Waals surface area (Å²) in [6.45, 7) is 1.50. The quantitative estimate of drug-likeness (QED) is 0.826. The van der Waals surface area contributed by atoms with Crippen LogP contribution in [0.15, 0.2) is 42.5 Å². The Hall–Kier alpha value is -2.82. The van der Waals surface area contributed by atoms with E-state index in [1.165, 1.54) is 19.1 Å². The highest BCUT2D eigenvalue weighted by atomic mass is 16.5. The number of hydrogen-bond acceptors (Lipinski definition) is 4. The van der Waals surface area contributed by atoms with Crippen LogP contribution in [0.4, 0.5) is 0 Å². The van der Waals surface area contributed by atoms with E-state index in [1.807, 2.05) is 0 Å². The second-order valence-electron chi connectivity index (χ2n) is 4.53. The van der Waals surface area contributed by atoms with Gasteiger partial charge in [-0.1, -0.05) is 12.1 Å². The topological polar surface area (TPSA) is 83.8 Å². The number of rotatable bonds is 5. The van der Waals surface area contributed by atoms with Crippen LogP contribution < -0.4 is 4.74 Å². The Bertz CT molecular complexity index is 691. The third-order valence-electron chi connectivity index (χ3n) is 2.92. The highest BCUT2D eigenvalue weighted by molar-refractivity contribution is 6.05. The molecule has 0 bridgehead atoms. The van der Waals surface area contributed by atoms with Gasteiger partial charge in [0, 0.05) is 5.56 Å². The molecule has 0 fully saturated rings. The summed E-state index contributed by atoms with van der Waals surface area (Å²) in [4.78, 5) is 22.5. The lowest BCUT2D eigenvalue weighted by molar-refractivity contribution is 0.0691. The molecule has 5 heteroatoms. The Morgan fingerprint density at radius 1 is 1.10 bits per heavy atom. The summed E-state index contributed by atoms with van der Waals surface area (Å²) in [5.74, 6) is -1.01. The first-order valence-electron chi connectivity index (χ1n) is 6.26. The van der Waals surface area contributed by atoms with Crippen LogP contribution >= 0.6 is 0 Å². The third kappa shape index (κ3) is 3.60. The molecular formula is C16H14O5. The fourth-order valence-corrected chi connectivity index (χ4v) is 1.91. The second kappa shape index (κ2) is 6.09. The number of aromatic carboxylic acids is 1. The number of phenolic OH excluding ortho intramolecular Hbond substituents is 1. The molecule has 0 spiro atoms. The van der Waals surface area contributed by atoms with Crippen molar-refractivity contribution in [3.63, 3.8) is 0 Å². The molecule has 0 saturated heterocycles. The lowest BCUT2D eigenvalue weighted by atomic mass is 10.0. The van der Waals surface area contributed by atoms with Crippen LogP contribution in [0, 0.1) is 0 Å². The first kappa shape index (κ1) is 14.6. The summed E-state index contributed by atoms with van der Waals surface area (Å²) in [7, 11) is 0. The summed E-state index contributed by atoms with van der Waals surface area (Å²) in [6.07, 6.45) is 0. The van der Waals surface area contributed by atoms with Gasteiger partial charge in [0.15, 0.2) is 5.78 Å². The van der Waals surface area contributed by atoms with Crippen LogP contribution in [0.1, 0.15) is 33.2 Å².